The van der Waals surface area contributed by atoms with Gasteiger partial charge in [-0.05, 0) is 50.1 Å². The number of likely N-dealkylation sites (tertiary alicyclic amines) is 1. The van der Waals surface area contributed by atoms with E-state index in [9.17, 15) is 0 Å². The van der Waals surface area contributed by atoms with Gasteiger partial charge in [-0.2, -0.15) is 0 Å². The van der Waals surface area contributed by atoms with Crippen LogP contribution < -0.4 is 0 Å². The molecule has 17 heavy (non-hydrogen) atoms. The fourth-order valence-electron chi connectivity index (χ4n) is 2.20. The van der Waals surface area contributed by atoms with Crippen molar-refractivity contribution in [2.75, 3.05) is 13.1 Å². The maximum atomic E-state index is 4.48. The van der Waals surface area contributed by atoms with Gasteiger partial charge in [-0.1, -0.05) is 25.5 Å². The molecule has 0 aromatic carbocycles. The first-order valence-corrected chi connectivity index (χ1v) is 6.72. The van der Waals surface area contributed by atoms with Gasteiger partial charge in [0.15, 0.2) is 0 Å². The molecule has 2 nitrogen and oxygen atoms in total. The van der Waals surface area contributed by atoms with Gasteiger partial charge in [0, 0.05) is 12.7 Å². The molecule has 1 fully saturated rings. The van der Waals surface area contributed by atoms with Crippen LogP contribution in [0.4, 0.5) is 0 Å². The zero-order valence-corrected chi connectivity index (χ0v) is 10.7. The molecule has 1 aromatic heterocycles. The minimum Gasteiger partial charge on any atom is -0.299 e. The Balaban J connectivity index is 1.88. The summed E-state index contributed by atoms with van der Waals surface area (Å²) < 4.78 is 0. The van der Waals surface area contributed by atoms with Crippen LogP contribution in [0.1, 0.15) is 43.9 Å². The predicted octanol–water partition coefficient (Wildman–Crippen LogP) is 3.49. The highest BCUT2D eigenvalue weighted by atomic mass is 15.1. The molecule has 0 saturated carbocycles. The number of hydrogen-bond donors (Lipinski definition) is 0. The van der Waals surface area contributed by atoms with Crippen molar-refractivity contribution in [1.82, 2.24) is 9.88 Å². The van der Waals surface area contributed by atoms with Crippen molar-refractivity contribution in [2.24, 2.45) is 0 Å². The SMILES string of the molecule is CCC/C=C/c1ccc(CN2CCCC2)cn1. The van der Waals surface area contributed by atoms with Gasteiger partial charge < -0.3 is 0 Å². The van der Waals surface area contributed by atoms with E-state index in [2.05, 4.69) is 41.1 Å². The fourth-order valence-corrected chi connectivity index (χ4v) is 2.20. The van der Waals surface area contributed by atoms with E-state index in [0.717, 1.165) is 18.7 Å². The summed E-state index contributed by atoms with van der Waals surface area (Å²) in [6.45, 7) is 5.75. The average Bonchev–Trinajstić information content (AvgIpc) is 2.85. The Morgan fingerprint density at radius 1 is 1.29 bits per heavy atom. The Morgan fingerprint density at radius 3 is 2.76 bits per heavy atom. The van der Waals surface area contributed by atoms with E-state index in [0.29, 0.717) is 0 Å². The molecular formula is C15H22N2. The molecule has 2 heteroatoms. The predicted molar refractivity (Wildman–Crippen MR) is 72.7 cm³/mol. The van der Waals surface area contributed by atoms with Crippen LogP contribution in [0.2, 0.25) is 0 Å². The number of rotatable bonds is 5. The van der Waals surface area contributed by atoms with Crippen LogP contribution in [-0.4, -0.2) is 23.0 Å². The molecule has 0 atom stereocenters. The highest BCUT2D eigenvalue weighted by Crippen LogP contribution is 2.12. The molecule has 2 rings (SSSR count). The second-order valence-corrected chi connectivity index (χ2v) is 4.77. The van der Waals surface area contributed by atoms with Gasteiger partial charge >= 0.3 is 0 Å². The lowest BCUT2D eigenvalue weighted by atomic mass is 10.2. The van der Waals surface area contributed by atoms with Gasteiger partial charge in [0.25, 0.3) is 0 Å². The van der Waals surface area contributed by atoms with E-state index >= 15 is 0 Å². The van der Waals surface area contributed by atoms with Crippen LogP contribution in [-0.2, 0) is 6.54 Å². The standard InChI is InChI=1S/C15H22N2/c1-2-3-4-7-15-9-8-14(12-16-15)13-17-10-5-6-11-17/h4,7-9,12H,2-3,5-6,10-11,13H2,1H3/b7-4+. The van der Waals surface area contributed by atoms with E-state index in [4.69, 9.17) is 0 Å². The molecule has 0 spiro atoms. The first-order chi connectivity index (χ1) is 8.38. The molecule has 92 valence electrons. The monoisotopic (exact) mass is 230 g/mol. The fraction of sp³-hybridized carbons (Fsp3) is 0.533. The molecule has 0 amide bonds. The lowest BCUT2D eigenvalue weighted by Gasteiger charge is -2.13. The zero-order valence-electron chi connectivity index (χ0n) is 10.7. The molecular weight excluding hydrogens is 208 g/mol. The molecule has 1 aliphatic rings. The van der Waals surface area contributed by atoms with Crippen molar-refractivity contribution in [3.05, 3.63) is 35.7 Å². The number of pyridine rings is 1. The first kappa shape index (κ1) is 12.3. The third kappa shape index (κ3) is 3.97. The van der Waals surface area contributed by atoms with E-state index in [1.807, 2.05) is 6.20 Å². The second kappa shape index (κ2) is 6.55. The van der Waals surface area contributed by atoms with Crippen molar-refractivity contribution in [3.63, 3.8) is 0 Å². The van der Waals surface area contributed by atoms with Crippen molar-refractivity contribution < 1.29 is 0 Å². The average molecular weight is 230 g/mol. The van der Waals surface area contributed by atoms with Crippen molar-refractivity contribution >= 4 is 6.08 Å². The van der Waals surface area contributed by atoms with Crippen molar-refractivity contribution in [3.8, 4) is 0 Å². The second-order valence-electron chi connectivity index (χ2n) is 4.77. The Morgan fingerprint density at radius 2 is 2.12 bits per heavy atom. The molecule has 0 bridgehead atoms. The normalized spacial score (nSPS) is 17.0. The van der Waals surface area contributed by atoms with Crippen LogP contribution in [0.25, 0.3) is 6.08 Å². The molecule has 0 unspecified atom stereocenters. The minimum absolute atomic E-state index is 1.06. The van der Waals surface area contributed by atoms with E-state index in [-0.39, 0.29) is 0 Å². The van der Waals surface area contributed by atoms with Gasteiger partial charge in [-0.15, -0.1) is 0 Å². The van der Waals surface area contributed by atoms with E-state index in [1.54, 1.807) is 0 Å². The number of hydrogen-bond acceptors (Lipinski definition) is 2. The highest BCUT2D eigenvalue weighted by Gasteiger charge is 2.11. The van der Waals surface area contributed by atoms with Crippen molar-refractivity contribution in [1.29, 1.82) is 0 Å². The molecule has 0 radical (unpaired) electrons. The van der Waals surface area contributed by atoms with E-state index < -0.39 is 0 Å². The number of aromatic nitrogens is 1. The third-order valence-corrected chi connectivity index (χ3v) is 3.20. The van der Waals surface area contributed by atoms with Crippen LogP contribution in [0.3, 0.4) is 0 Å². The quantitative estimate of drug-likeness (QED) is 0.769. The molecule has 0 aliphatic carbocycles. The Labute approximate surface area is 104 Å². The molecule has 1 saturated heterocycles. The van der Waals surface area contributed by atoms with Gasteiger partial charge in [-0.3, -0.25) is 9.88 Å². The zero-order chi connectivity index (χ0) is 11.9. The number of unbranched alkanes of at least 4 members (excludes halogenated alkanes) is 1. The summed E-state index contributed by atoms with van der Waals surface area (Å²) in [6, 6.07) is 4.33. The van der Waals surface area contributed by atoms with E-state index in [1.165, 1.54) is 37.9 Å². The van der Waals surface area contributed by atoms with Crippen molar-refractivity contribution in [2.45, 2.75) is 39.2 Å². The van der Waals surface area contributed by atoms with Gasteiger partial charge in [0.1, 0.15) is 0 Å². The van der Waals surface area contributed by atoms with Crippen LogP contribution in [0.15, 0.2) is 24.4 Å². The maximum absolute atomic E-state index is 4.48. The van der Waals surface area contributed by atoms with Gasteiger partial charge in [0.05, 0.1) is 5.69 Å². The summed E-state index contributed by atoms with van der Waals surface area (Å²) in [5.74, 6) is 0. The molecule has 0 N–H and O–H groups in total. The van der Waals surface area contributed by atoms with Crippen LogP contribution in [0.5, 0.6) is 0 Å². The smallest absolute Gasteiger partial charge is 0.0626 e. The largest absolute Gasteiger partial charge is 0.299 e. The van der Waals surface area contributed by atoms with Gasteiger partial charge in [0.2, 0.25) is 0 Å². The first-order valence-electron chi connectivity index (χ1n) is 6.72. The molecule has 1 aromatic rings. The summed E-state index contributed by atoms with van der Waals surface area (Å²) in [4.78, 5) is 6.98. The summed E-state index contributed by atoms with van der Waals surface area (Å²) in [6.07, 6.45) is 11.4. The van der Waals surface area contributed by atoms with Gasteiger partial charge in [-0.25, -0.2) is 0 Å². The summed E-state index contributed by atoms with van der Waals surface area (Å²) in [7, 11) is 0. The molecule has 2 heterocycles. The topological polar surface area (TPSA) is 16.1 Å². The summed E-state index contributed by atoms with van der Waals surface area (Å²) >= 11 is 0. The minimum atomic E-state index is 1.06. The number of nitrogens with zero attached hydrogens (tertiary/aromatic N) is 2. The van der Waals surface area contributed by atoms with Crippen LogP contribution in [0, 0.1) is 0 Å². The van der Waals surface area contributed by atoms with Crippen LogP contribution >= 0.6 is 0 Å². The molecule has 1 aliphatic heterocycles. The Hall–Kier alpha value is -1.15. The maximum Gasteiger partial charge on any atom is 0.0626 e. The number of allylic oxidation sites excluding steroid dienone is 1. The highest BCUT2D eigenvalue weighted by molar-refractivity contribution is 5.44. The Kier molecular flexibility index (Phi) is 4.75. The Bertz CT molecular complexity index is 348. The summed E-state index contributed by atoms with van der Waals surface area (Å²) in [5, 5.41) is 0. The lowest BCUT2D eigenvalue weighted by Crippen LogP contribution is -2.18. The lowest BCUT2D eigenvalue weighted by molar-refractivity contribution is 0.331. The summed E-state index contributed by atoms with van der Waals surface area (Å²) in [5.41, 5.74) is 2.41. The third-order valence-electron chi connectivity index (χ3n) is 3.20.